The summed E-state index contributed by atoms with van der Waals surface area (Å²) in [5.41, 5.74) is 0.165. The molecule has 9 heteroatoms. The maximum absolute atomic E-state index is 12.2. The number of hydrogen-bond donors (Lipinski definition) is 1. The lowest BCUT2D eigenvalue weighted by molar-refractivity contribution is -0.274. The number of ether oxygens (including phenoxy) is 1. The van der Waals surface area contributed by atoms with E-state index in [2.05, 4.69) is 36.2 Å². The summed E-state index contributed by atoms with van der Waals surface area (Å²) >= 11 is 4.26. The van der Waals surface area contributed by atoms with Gasteiger partial charge in [-0.2, -0.15) is 0 Å². The average Bonchev–Trinajstić information content (AvgIpc) is 2.65. The molecule has 0 radical (unpaired) electrons. The molecule has 0 unspecified atom stereocenters. The summed E-state index contributed by atoms with van der Waals surface area (Å²) in [5, 5.41) is 10.5. The highest BCUT2D eigenvalue weighted by molar-refractivity contribution is 9.11. The first kappa shape index (κ1) is 13.1. The summed E-state index contributed by atoms with van der Waals surface area (Å²) in [4.78, 5) is 0. The Bertz CT molecular complexity index is 546. The second-order valence-corrected chi connectivity index (χ2v) is 5.28. The Hall–Kier alpha value is -1.35. The van der Waals surface area contributed by atoms with E-state index in [1.165, 1.54) is 18.2 Å². The van der Waals surface area contributed by atoms with E-state index in [-0.39, 0.29) is 11.4 Å². The van der Waals surface area contributed by atoms with Crippen LogP contribution in [0, 0.1) is 0 Å². The highest BCUT2D eigenvalue weighted by Crippen LogP contribution is 2.33. The van der Waals surface area contributed by atoms with Gasteiger partial charge in [0.2, 0.25) is 5.13 Å². The van der Waals surface area contributed by atoms with E-state index in [9.17, 15) is 13.2 Å². The van der Waals surface area contributed by atoms with Crippen LogP contribution in [-0.2, 0) is 0 Å². The molecule has 1 aromatic heterocycles. The van der Waals surface area contributed by atoms with Crippen molar-refractivity contribution < 1.29 is 17.9 Å². The zero-order chi connectivity index (χ0) is 13.2. The van der Waals surface area contributed by atoms with E-state index in [4.69, 9.17) is 0 Å². The highest BCUT2D eigenvalue weighted by atomic mass is 79.9. The van der Waals surface area contributed by atoms with Crippen LogP contribution in [0.5, 0.6) is 5.75 Å². The third-order valence-electron chi connectivity index (χ3n) is 1.75. The summed E-state index contributed by atoms with van der Waals surface area (Å²) < 4.78 is 41.0. The van der Waals surface area contributed by atoms with Crippen molar-refractivity contribution in [1.29, 1.82) is 0 Å². The first-order chi connectivity index (χ1) is 8.44. The lowest BCUT2D eigenvalue weighted by Gasteiger charge is -2.12. The molecule has 2 aromatic rings. The second-order valence-electron chi connectivity index (χ2n) is 3.03. The van der Waals surface area contributed by atoms with Crippen LogP contribution >= 0.6 is 27.3 Å². The number of aromatic nitrogens is 2. The van der Waals surface area contributed by atoms with Crippen molar-refractivity contribution in [2.75, 3.05) is 5.32 Å². The van der Waals surface area contributed by atoms with Crippen LogP contribution < -0.4 is 10.1 Å². The van der Waals surface area contributed by atoms with Gasteiger partial charge in [-0.25, -0.2) is 0 Å². The Kier molecular flexibility index (Phi) is 3.71. The molecule has 0 aliphatic rings. The van der Waals surface area contributed by atoms with Crippen molar-refractivity contribution in [2.24, 2.45) is 0 Å². The number of anilines is 2. The number of rotatable bonds is 3. The van der Waals surface area contributed by atoms with Gasteiger partial charge in [0.1, 0.15) is 0 Å². The smallest absolute Gasteiger partial charge is 0.404 e. The van der Waals surface area contributed by atoms with Crippen molar-refractivity contribution in [3.8, 4) is 5.75 Å². The Morgan fingerprint density at radius 2 is 1.94 bits per heavy atom. The molecule has 4 nitrogen and oxygen atoms in total. The summed E-state index contributed by atoms with van der Waals surface area (Å²) in [5.74, 6) is -0.323. The molecule has 18 heavy (non-hydrogen) atoms. The Morgan fingerprint density at radius 1 is 1.22 bits per heavy atom. The standard InChI is InChI=1S/C9H5BrF3N3OS/c10-7-15-16-8(18-7)14-5-3-1-2-4-6(5)17-9(11,12)13/h1-4H,(H,14,16). The fourth-order valence-corrected chi connectivity index (χ4v) is 2.18. The van der Waals surface area contributed by atoms with E-state index in [1.54, 1.807) is 6.07 Å². The van der Waals surface area contributed by atoms with E-state index in [1.807, 2.05) is 0 Å². The molecule has 0 fully saturated rings. The normalized spacial score (nSPS) is 11.3. The summed E-state index contributed by atoms with van der Waals surface area (Å²) in [6, 6.07) is 5.70. The minimum atomic E-state index is -4.74. The maximum atomic E-state index is 12.2. The predicted octanol–water partition coefficient (Wildman–Crippen LogP) is 3.94. The molecule has 0 aliphatic carbocycles. The quantitative estimate of drug-likeness (QED) is 0.919. The Morgan fingerprint density at radius 3 is 2.56 bits per heavy atom. The third kappa shape index (κ3) is 3.57. The molecule has 0 atom stereocenters. The average molecular weight is 340 g/mol. The van der Waals surface area contributed by atoms with Crippen LogP contribution in [0.2, 0.25) is 0 Å². The van der Waals surface area contributed by atoms with Crippen molar-refractivity contribution in [1.82, 2.24) is 10.2 Å². The van der Waals surface area contributed by atoms with Gasteiger partial charge >= 0.3 is 6.36 Å². The van der Waals surface area contributed by atoms with Crippen LogP contribution in [0.25, 0.3) is 0 Å². The lowest BCUT2D eigenvalue weighted by atomic mass is 10.3. The molecule has 96 valence electrons. The van der Waals surface area contributed by atoms with E-state index in [0.717, 1.165) is 11.3 Å². The monoisotopic (exact) mass is 339 g/mol. The predicted molar refractivity (Wildman–Crippen MR) is 64.0 cm³/mol. The Balaban J connectivity index is 2.22. The van der Waals surface area contributed by atoms with Gasteiger partial charge in [-0.15, -0.1) is 23.4 Å². The van der Waals surface area contributed by atoms with Crippen molar-refractivity contribution in [2.45, 2.75) is 6.36 Å². The first-order valence-corrected chi connectivity index (χ1v) is 6.16. The van der Waals surface area contributed by atoms with Crippen LogP contribution in [0.3, 0.4) is 0 Å². The third-order valence-corrected chi connectivity index (χ3v) is 3.03. The minimum Gasteiger partial charge on any atom is -0.404 e. The molecule has 0 amide bonds. The number of para-hydroxylation sites is 2. The maximum Gasteiger partial charge on any atom is 0.573 e. The molecule has 0 aliphatic heterocycles. The second kappa shape index (κ2) is 5.11. The Labute approximate surface area is 112 Å². The number of hydrogen-bond acceptors (Lipinski definition) is 5. The van der Waals surface area contributed by atoms with Crippen LogP contribution in [0.4, 0.5) is 24.0 Å². The van der Waals surface area contributed by atoms with Gasteiger partial charge in [-0.3, -0.25) is 0 Å². The summed E-state index contributed by atoms with van der Waals surface area (Å²) in [7, 11) is 0. The van der Waals surface area contributed by atoms with Crippen LogP contribution in [0.15, 0.2) is 28.2 Å². The van der Waals surface area contributed by atoms with E-state index >= 15 is 0 Å². The van der Waals surface area contributed by atoms with Gasteiger partial charge < -0.3 is 10.1 Å². The number of benzene rings is 1. The van der Waals surface area contributed by atoms with Crippen LogP contribution in [-0.4, -0.2) is 16.6 Å². The molecule has 0 bridgehead atoms. The molecule has 1 aromatic carbocycles. The largest absolute Gasteiger partial charge is 0.573 e. The number of nitrogens with one attached hydrogen (secondary N) is 1. The fourth-order valence-electron chi connectivity index (χ4n) is 1.15. The summed E-state index contributed by atoms with van der Waals surface area (Å²) in [6.07, 6.45) is -4.74. The SMILES string of the molecule is FC(F)(F)Oc1ccccc1Nc1nnc(Br)s1. The fraction of sp³-hybridized carbons (Fsp3) is 0.111. The molecule has 1 heterocycles. The molecular weight excluding hydrogens is 335 g/mol. The molecular formula is C9H5BrF3N3OS. The van der Waals surface area contributed by atoms with Crippen LogP contribution in [0.1, 0.15) is 0 Å². The van der Waals surface area contributed by atoms with Gasteiger partial charge in [0.05, 0.1) is 5.69 Å². The zero-order valence-corrected chi connectivity index (χ0v) is 10.9. The zero-order valence-electron chi connectivity index (χ0n) is 8.53. The summed E-state index contributed by atoms with van der Waals surface area (Å²) in [6.45, 7) is 0. The lowest BCUT2D eigenvalue weighted by Crippen LogP contribution is -2.17. The van der Waals surface area contributed by atoms with Crippen molar-refractivity contribution >= 4 is 38.1 Å². The van der Waals surface area contributed by atoms with Gasteiger partial charge in [0.25, 0.3) is 0 Å². The number of halogens is 4. The van der Waals surface area contributed by atoms with Gasteiger partial charge in [-0.05, 0) is 28.1 Å². The molecule has 0 spiro atoms. The molecule has 0 saturated heterocycles. The first-order valence-electron chi connectivity index (χ1n) is 4.55. The van der Waals surface area contributed by atoms with Gasteiger partial charge in [0.15, 0.2) is 9.67 Å². The van der Waals surface area contributed by atoms with Crippen molar-refractivity contribution in [3.63, 3.8) is 0 Å². The van der Waals surface area contributed by atoms with Gasteiger partial charge in [0, 0.05) is 0 Å². The van der Waals surface area contributed by atoms with Gasteiger partial charge in [-0.1, -0.05) is 23.5 Å². The highest BCUT2D eigenvalue weighted by Gasteiger charge is 2.32. The number of nitrogens with zero attached hydrogens (tertiary/aromatic N) is 2. The van der Waals surface area contributed by atoms with E-state index in [0.29, 0.717) is 9.05 Å². The van der Waals surface area contributed by atoms with Crippen molar-refractivity contribution in [3.05, 3.63) is 28.2 Å². The topological polar surface area (TPSA) is 47.0 Å². The van der Waals surface area contributed by atoms with E-state index < -0.39 is 6.36 Å². The molecule has 2 rings (SSSR count). The number of alkyl halides is 3. The minimum absolute atomic E-state index is 0.165. The molecule has 0 saturated carbocycles. The molecule has 1 N–H and O–H groups in total.